The first kappa shape index (κ1) is 16.8. The van der Waals surface area contributed by atoms with Gasteiger partial charge in [0.05, 0.1) is 5.92 Å². The zero-order valence-electron chi connectivity index (χ0n) is 11.9. The molecule has 116 valence electrons. The molecule has 0 bridgehead atoms. The van der Waals surface area contributed by atoms with Gasteiger partial charge in [-0.05, 0) is 19.8 Å². The lowest BCUT2D eigenvalue weighted by molar-refractivity contribution is -0.219. The van der Waals surface area contributed by atoms with Crippen LogP contribution in [0, 0.1) is 11.8 Å². The minimum absolute atomic E-state index is 0.000442. The number of hydrogen-bond donors (Lipinski definition) is 0. The number of nitrogens with zero attached hydrogens (tertiary/aromatic N) is 1. The largest absolute Gasteiger partial charge is 0.453 e. The summed E-state index contributed by atoms with van der Waals surface area (Å²) in [6.45, 7) is 5.16. The van der Waals surface area contributed by atoms with E-state index in [1.165, 1.54) is 0 Å². The van der Waals surface area contributed by atoms with Gasteiger partial charge in [0.15, 0.2) is 6.10 Å². The van der Waals surface area contributed by atoms with Crippen LogP contribution in [0.15, 0.2) is 0 Å². The summed E-state index contributed by atoms with van der Waals surface area (Å²) in [6, 6.07) is 0. The van der Waals surface area contributed by atoms with Gasteiger partial charge in [-0.1, -0.05) is 13.8 Å². The number of piperidine rings is 1. The molecule has 4 nitrogen and oxygen atoms in total. The van der Waals surface area contributed by atoms with Crippen molar-refractivity contribution in [2.24, 2.45) is 11.8 Å². The lowest BCUT2D eigenvalue weighted by Crippen LogP contribution is -2.43. The Morgan fingerprint density at radius 2 is 1.65 bits per heavy atom. The van der Waals surface area contributed by atoms with Crippen molar-refractivity contribution in [3.63, 3.8) is 0 Å². The van der Waals surface area contributed by atoms with Gasteiger partial charge in [-0.2, -0.15) is 13.2 Å². The van der Waals surface area contributed by atoms with Crippen LogP contribution in [0.3, 0.4) is 0 Å². The van der Waals surface area contributed by atoms with Gasteiger partial charge in [0, 0.05) is 19.0 Å². The van der Waals surface area contributed by atoms with Gasteiger partial charge in [-0.25, -0.2) is 0 Å². The van der Waals surface area contributed by atoms with E-state index in [1.807, 2.05) is 0 Å². The van der Waals surface area contributed by atoms with E-state index in [-0.39, 0.29) is 11.8 Å². The molecule has 1 heterocycles. The third kappa shape index (κ3) is 4.38. The number of esters is 1. The highest BCUT2D eigenvalue weighted by molar-refractivity contribution is 5.79. The second kappa shape index (κ2) is 6.45. The Kier molecular flexibility index (Phi) is 5.42. The van der Waals surface area contributed by atoms with Crippen molar-refractivity contribution in [1.29, 1.82) is 0 Å². The standard InChI is InChI=1S/C13H20F3NO3/c1-8(2)11(18)17-6-4-10(5-7-17)12(19)20-9(3)13(14,15)16/h8-10H,4-7H2,1-3H3. The molecule has 0 aromatic rings. The van der Waals surface area contributed by atoms with Crippen LogP contribution >= 0.6 is 0 Å². The molecular formula is C13H20F3NO3. The molecule has 0 aromatic heterocycles. The van der Waals surface area contributed by atoms with Crippen LogP contribution in [0.5, 0.6) is 0 Å². The lowest BCUT2D eigenvalue weighted by Gasteiger charge is -2.32. The fraction of sp³-hybridized carbons (Fsp3) is 0.846. The molecule has 1 aliphatic heterocycles. The Labute approximate surface area is 116 Å². The summed E-state index contributed by atoms with van der Waals surface area (Å²) in [4.78, 5) is 25.0. The topological polar surface area (TPSA) is 46.6 Å². The van der Waals surface area contributed by atoms with Crippen molar-refractivity contribution in [3.05, 3.63) is 0 Å². The van der Waals surface area contributed by atoms with E-state index < -0.39 is 24.2 Å². The second-order valence-corrected chi connectivity index (χ2v) is 5.37. The summed E-state index contributed by atoms with van der Waals surface area (Å²) < 4.78 is 41.3. The van der Waals surface area contributed by atoms with Crippen molar-refractivity contribution < 1.29 is 27.5 Å². The highest BCUT2D eigenvalue weighted by atomic mass is 19.4. The Hall–Kier alpha value is -1.27. The second-order valence-electron chi connectivity index (χ2n) is 5.37. The summed E-state index contributed by atoms with van der Waals surface area (Å²) in [5.74, 6) is -1.51. The highest BCUT2D eigenvalue weighted by Crippen LogP contribution is 2.26. The van der Waals surface area contributed by atoms with E-state index >= 15 is 0 Å². The van der Waals surface area contributed by atoms with Gasteiger partial charge in [0.2, 0.25) is 5.91 Å². The Morgan fingerprint density at radius 1 is 1.15 bits per heavy atom. The molecular weight excluding hydrogens is 275 g/mol. The molecule has 0 aliphatic carbocycles. The summed E-state index contributed by atoms with van der Waals surface area (Å²) in [5.41, 5.74) is 0. The van der Waals surface area contributed by atoms with Gasteiger partial charge in [0.25, 0.3) is 0 Å². The number of carbonyl (C=O) groups excluding carboxylic acids is 2. The molecule has 0 aromatic carbocycles. The zero-order valence-corrected chi connectivity index (χ0v) is 11.9. The number of likely N-dealkylation sites (tertiary alicyclic amines) is 1. The Bertz CT molecular complexity index is 360. The normalized spacial score (nSPS) is 19.1. The molecule has 1 saturated heterocycles. The fourth-order valence-corrected chi connectivity index (χ4v) is 2.04. The highest BCUT2D eigenvalue weighted by Gasteiger charge is 2.40. The lowest BCUT2D eigenvalue weighted by atomic mass is 9.96. The number of rotatable bonds is 3. The fourth-order valence-electron chi connectivity index (χ4n) is 2.04. The van der Waals surface area contributed by atoms with E-state index in [2.05, 4.69) is 4.74 Å². The summed E-state index contributed by atoms with van der Waals surface area (Å²) in [5, 5.41) is 0. The van der Waals surface area contributed by atoms with Crippen LogP contribution in [0.1, 0.15) is 33.6 Å². The van der Waals surface area contributed by atoms with Crippen LogP contribution in [0.2, 0.25) is 0 Å². The van der Waals surface area contributed by atoms with E-state index in [9.17, 15) is 22.8 Å². The molecule has 7 heteroatoms. The first-order valence-corrected chi connectivity index (χ1v) is 6.69. The summed E-state index contributed by atoms with van der Waals surface area (Å²) in [7, 11) is 0. The number of amides is 1. The average Bonchev–Trinajstić information content (AvgIpc) is 2.36. The maximum absolute atomic E-state index is 12.3. The molecule has 1 atom stereocenters. The van der Waals surface area contributed by atoms with Crippen molar-refractivity contribution in [2.75, 3.05) is 13.1 Å². The average molecular weight is 295 g/mol. The Morgan fingerprint density at radius 3 is 2.05 bits per heavy atom. The van der Waals surface area contributed by atoms with Gasteiger partial charge < -0.3 is 9.64 Å². The minimum atomic E-state index is -4.54. The quantitative estimate of drug-likeness (QED) is 0.751. The van der Waals surface area contributed by atoms with E-state index in [0.717, 1.165) is 6.92 Å². The number of ether oxygens (including phenoxy) is 1. The summed E-state index contributed by atoms with van der Waals surface area (Å²) >= 11 is 0. The predicted molar refractivity (Wildman–Crippen MR) is 65.8 cm³/mol. The van der Waals surface area contributed by atoms with Crippen LogP contribution in [0.25, 0.3) is 0 Å². The minimum Gasteiger partial charge on any atom is -0.453 e. The van der Waals surface area contributed by atoms with Crippen molar-refractivity contribution in [3.8, 4) is 0 Å². The van der Waals surface area contributed by atoms with Crippen molar-refractivity contribution in [2.45, 2.75) is 45.9 Å². The monoisotopic (exact) mass is 295 g/mol. The predicted octanol–water partition coefficient (Wildman–Crippen LogP) is 2.38. The van der Waals surface area contributed by atoms with E-state index in [4.69, 9.17) is 0 Å². The molecule has 0 spiro atoms. The van der Waals surface area contributed by atoms with Gasteiger partial charge >= 0.3 is 12.1 Å². The molecule has 20 heavy (non-hydrogen) atoms. The smallest absolute Gasteiger partial charge is 0.425 e. The van der Waals surface area contributed by atoms with Crippen LogP contribution in [-0.4, -0.2) is 42.1 Å². The molecule has 1 rings (SSSR count). The molecule has 0 radical (unpaired) electrons. The van der Waals surface area contributed by atoms with Gasteiger partial charge in [0.1, 0.15) is 0 Å². The molecule has 0 saturated carbocycles. The molecule has 1 aliphatic rings. The number of halogens is 3. The Balaban J connectivity index is 2.45. The third-order valence-electron chi connectivity index (χ3n) is 3.39. The van der Waals surface area contributed by atoms with Gasteiger partial charge in [-0.3, -0.25) is 9.59 Å². The van der Waals surface area contributed by atoms with Gasteiger partial charge in [-0.15, -0.1) is 0 Å². The summed E-state index contributed by atoms with van der Waals surface area (Å²) in [6.07, 6.45) is -5.93. The van der Waals surface area contributed by atoms with E-state index in [1.54, 1.807) is 18.7 Å². The van der Waals surface area contributed by atoms with Crippen LogP contribution in [-0.2, 0) is 14.3 Å². The van der Waals surface area contributed by atoms with Crippen molar-refractivity contribution in [1.82, 2.24) is 4.90 Å². The van der Waals surface area contributed by atoms with E-state index in [0.29, 0.717) is 25.9 Å². The number of carbonyl (C=O) groups is 2. The van der Waals surface area contributed by atoms with Crippen molar-refractivity contribution >= 4 is 11.9 Å². The SMILES string of the molecule is CC(C)C(=O)N1CCC(C(=O)OC(C)C(F)(F)F)CC1. The number of hydrogen-bond acceptors (Lipinski definition) is 3. The first-order valence-electron chi connectivity index (χ1n) is 6.69. The molecule has 1 fully saturated rings. The molecule has 1 unspecified atom stereocenters. The first-order chi connectivity index (χ1) is 9.12. The number of alkyl halides is 3. The maximum Gasteiger partial charge on any atom is 0.425 e. The third-order valence-corrected chi connectivity index (χ3v) is 3.39. The molecule has 1 amide bonds. The zero-order chi connectivity index (χ0) is 15.5. The molecule has 0 N–H and O–H groups in total. The maximum atomic E-state index is 12.3. The van der Waals surface area contributed by atoms with Crippen LogP contribution in [0.4, 0.5) is 13.2 Å². The van der Waals surface area contributed by atoms with Crippen LogP contribution < -0.4 is 0 Å².